The first-order valence-electron chi connectivity index (χ1n) is 6.54. The zero-order valence-corrected chi connectivity index (χ0v) is 13.7. The molecule has 0 saturated carbocycles. The average Bonchev–Trinajstić information content (AvgIpc) is 2.37. The lowest BCUT2D eigenvalue weighted by Crippen LogP contribution is -2.33. The molecule has 3 unspecified atom stereocenters. The van der Waals surface area contributed by atoms with Gasteiger partial charge in [-0.05, 0) is 49.3 Å². The van der Waals surface area contributed by atoms with E-state index in [-0.39, 0.29) is 0 Å². The van der Waals surface area contributed by atoms with Crippen molar-refractivity contribution in [2.75, 3.05) is 17.8 Å². The van der Waals surface area contributed by atoms with Gasteiger partial charge in [0.05, 0.1) is 0 Å². The third-order valence-corrected chi connectivity index (χ3v) is 5.50. The van der Waals surface area contributed by atoms with Crippen LogP contribution in [0.3, 0.4) is 0 Å². The van der Waals surface area contributed by atoms with Crippen LogP contribution < -0.4 is 5.32 Å². The molecule has 0 radical (unpaired) electrons. The molecule has 19 heavy (non-hydrogen) atoms. The smallest absolute Gasteiger partial charge is 0.0410 e. The molecule has 1 heterocycles. The van der Waals surface area contributed by atoms with Gasteiger partial charge in [0.25, 0.3) is 0 Å². The van der Waals surface area contributed by atoms with Crippen LogP contribution in [0.5, 0.6) is 0 Å². The topological polar surface area (TPSA) is 29.1 Å². The molecule has 1 aromatic rings. The van der Waals surface area contributed by atoms with Crippen LogP contribution in [-0.2, 0) is 10.8 Å². The van der Waals surface area contributed by atoms with Gasteiger partial charge in [0.15, 0.2) is 0 Å². The minimum Gasteiger partial charge on any atom is -0.307 e. The average molecular weight is 318 g/mol. The Hall–Kier alpha value is -0.0300. The number of fused-ring (bicyclic) bond motifs is 1. The van der Waals surface area contributed by atoms with Crippen LogP contribution in [0.4, 0.5) is 0 Å². The minimum absolute atomic E-state index is 0.371. The lowest BCUT2D eigenvalue weighted by Gasteiger charge is -2.29. The molecule has 0 spiro atoms. The maximum absolute atomic E-state index is 11.1. The van der Waals surface area contributed by atoms with E-state index in [2.05, 4.69) is 24.4 Å². The zero-order valence-electron chi connectivity index (χ0n) is 11.3. The van der Waals surface area contributed by atoms with E-state index in [0.29, 0.717) is 12.1 Å². The van der Waals surface area contributed by atoms with Crippen LogP contribution in [0.2, 0.25) is 5.02 Å². The molecule has 106 valence electrons. The molecule has 0 fully saturated rings. The second-order valence-corrected chi connectivity index (χ2v) is 8.13. The van der Waals surface area contributed by atoms with E-state index < -0.39 is 10.8 Å². The van der Waals surface area contributed by atoms with Crippen LogP contribution in [0, 0.1) is 0 Å². The van der Waals surface area contributed by atoms with E-state index in [9.17, 15) is 4.21 Å². The molecule has 1 N–H and O–H groups in total. The van der Waals surface area contributed by atoms with Crippen LogP contribution >= 0.6 is 23.4 Å². The summed E-state index contributed by atoms with van der Waals surface area (Å²) >= 11 is 8.00. The van der Waals surface area contributed by atoms with Gasteiger partial charge >= 0.3 is 0 Å². The molecule has 3 atom stereocenters. The van der Waals surface area contributed by atoms with Crippen molar-refractivity contribution >= 4 is 34.2 Å². The summed E-state index contributed by atoms with van der Waals surface area (Å²) in [6.45, 7) is 2.17. The van der Waals surface area contributed by atoms with Crippen molar-refractivity contribution < 1.29 is 4.21 Å². The number of hydrogen-bond acceptors (Lipinski definition) is 3. The fourth-order valence-corrected chi connectivity index (χ4v) is 4.28. The normalized spacial score (nSPS) is 21.7. The van der Waals surface area contributed by atoms with Crippen molar-refractivity contribution in [3.8, 4) is 0 Å². The Morgan fingerprint density at radius 2 is 2.37 bits per heavy atom. The third kappa shape index (κ3) is 4.48. The van der Waals surface area contributed by atoms with E-state index in [1.807, 2.05) is 17.8 Å². The van der Waals surface area contributed by atoms with E-state index >= 15 is 0 Å². The second-order valence-electron chi connectivity index (χ2n) is 5.01. The first kappa shape index (κ1) is 15.4. The van der Waals surface area contributed by atoms with Gasteiger partial charge in [0.1, 0.15) is 0 Å². The highest BCUT2D eigenvalue weighted by molar-refractivity contribution is 7.99. The summed E-state index contributed by atoms with van der Waals surface area (Å²) < 4.78 is 11.1. The molecule has 0 bridgehead atoms. The molecule has 0 aromatic heterocycles. The van der Waals surface area contributed by atoms with Crippen molar-refractivity contribution in [2.45, 2.75) is 36.7 Å². The van der Waals surface area contributed by atoms with Gasteiger partial charge < -0.3 is 5.32 Å². The summed E-state index contributed by atoms with van der Waals surface area (Å²) in [5, 5.41) is 4.45. The lowest BCUT2D eigenvalue weighted by atomic mass is 10.0. The number of halogens is 1. The first-order valence-corrected chi connectivity index (χ1v) is 9.63. The van der Waals surface area contributed by atoms with E-state index in [0.717, 1.165) is 29.4 Å². The standard InChI is InChI=1S/C14H20ClNOS2/c1-10(6-8-19(2)17)16-13-5-7-18-14-4-3-11(15)9-12(13)14/h3-4,9-10,13,16H,5-8H2,1-2H3. The summed E-state index contributed by atoms with van der Waals surface area (Å²) in [6, 6.07) is 6.89. The van der Waals surface area contributed by atoms with Crippen LogP contribution in [0.15, 0.2) is 23.1 Å². The van der Waals surface area contributed by atoms with Crippen molar-refractivity contribution in [1.29, 1.82) is 0 Å². The molecule has 0 saturated heterocycles. The van der Waals surface area contributed by atoms with Gasteiger partial charge in [0.2, 0.25) is 0 Å². The fourth-order valence-electron chi connectivity index (χ4n) is 2.31. The molecule has 1 aliphatic rings. The van der Waals surface area contributed by atoms with E-state index in [1.54, 1.807) is 6.26 Å². The Morgan fingerprint density at radius 1 is 1.58 bits per heavy atom. The molecular formula is C14H20ClNOS2. The van der Waals surface area contributed by atoms with Gasteiger partial charge in [-0.15, -0.1) is 11.8 Å². The van der Waals surface area contributed by atoms with E-state index in [1.165, 1.54) is 10.5 Å². The van der Waals surface area contributed by atoms with Crippen molar-refractivity contribution in [3.63, 3.8) is 0 Å². The van der Waals surface area contributed by atoms with Gasteiger partial charge in [-0.3, -0.25) is 4.21 Å². The van der Waals surface area contributed by atoms with Crippen molar-refractivity contribution in [2.24, 2.45) is 0 Å². The molecule has 5 heteroatoms. The second kappa shape index (κ2) is 7.11. The highest BCUT2D eigenvalue weighted by Crippen LogP contribution is 2.37. The molecule has 2 rings (SSSR count). The van der Waals surface area contributed by atoms with Gasteiger partial charge in [-0.25, -0.2) is 0 Å². The Morgan fingerprint density at radius 3 is 3.11 bits per heavy atom. The highest BCUT2D eigenvalue weighted by Gasteiger charge is 2.22. The molecule has 1 aliphatic heterocycles. The van der Waals surface area contributed by atoms with Gasteiger partial charge in [-0.2, -0.15) is 0 Å². The molecule has 2 nitrogen and oxygen atoms in total. The predicted molar refractivity (Wildman–Crippen MR) is 85.7 cm³/mol. The summed E-state index contributed by atoms with van der Waals surface area (Å²) in [7, 11) is -0.707. The fraction of sp³-hybridized carbons (Fsp3) is 0.571. The Balaban J connectivity index is 2.02. The Bertz CT molecular complexity index is 467. The van der Waals surface area contributed by atoms with Gasteiger partial charge in [-0.1, -0.05) is 11.6 Å². The van der Waals surface area contributed by atoms with Crippen molar-refractivity contribution in [3.05, 3.63) is 28.8 Å². The summed E-state index contributed by atoms with van der Waals surface area (Å²) in [5.74, 6) is 1.90. The number of rotatable bonds is 5. The van der Waals surface area contributed by atoms with Crippen LogP contribution in [0.1, 0.15) is 31.4 Å². The molecular weight excluding hydrogens is 298 g/mol. The molecule has 0 amide bonds. The maximum Gasteiger partial charge on any atom is 0.0410 e. The quantitative estimate of drug-likeness (QED) is 0.899. The highest BCUT2D eigenvalue weighted by atomic mass is 35.5. The Labute approximate surface area is 127 Å². The van der Waals surface area contributed by atoms with Crippen molar-refractivity contribution in [1.82, 2.24) is 5.32 Å². The molecule has 0 aliphatic carbocycles. The number of thioether (sulfide) groups is 1. The third-order valence-electron chi connectivity index (χ3n) is 3.34. The maximum atomic E-state index is 11.1. The summed E-state index contributed by atoms with van der Waals surface area (Å²) in [4.78, 5) is 1.33. The predicted octanol–water partition coefficient (Wildman–Crippen LogP) is 3.62. The minimum atomic E-state index is -0.707. The number of nitrogens with one attached hydrogen (secondary N) is 1. The van der Waals surface area contributed by atoms with Crippen LogP contribution in [0.25, 0.3) is 0 Å². The SMILES string of the molecule is CC(CCS(C)=O)NC1CCSc2ccc(Cl)cc21. The monoisotopic (exact) mass is 317 g/mol. The number of hydrogen-bond donors (Lipinski definition) is 1. The lowest BCUT2D eigenvalue weighted by molar-refractivity contribution is 0.433. The van der Waals surface area contributed by atoms with E-state index in [4.69, 9.17) is 11.6 Å². The van der Waals surface area contributed by atoms with Crippen LogP contribution in [-0.4, -0.2) is 28.0 Å². The first-order chi connectivity index (χ1) is 9.06. The Kier molecular flexibility index (Phi) is 5.75. The zero-order chi connectivity index (χ0) is 13.8. The summed E-state index contributed by atoms with van der Waals surface area (Å²) in [5.41, 5.74) is 1.31. The number of benzene rings is 1. The summed E-state index contributed by atoms with van der Waals surface area (Å²) in [6.07, 6.45) is 3.83. The molecule has 1 aromatic carbocycles. The largest absolute Gasteiger partial charge is 0.307 e. The van der Waals surface area contributed by atoms with Gasteiger partial charge in [0, 0.05) is 44.8 Å².